The fourth-order valence-corrected chi connectivity index (χ4v) is 2.92. The second-order valence-electron chi connectivity index (χ2n) is 5.90. The highest BCUT2D eigenvalue weighted by molar-refractivity contribution is 6.01. The van der Waals surface area contributed by atoms with Gasteiger partial charge in [0, 0.05) is 35.3 Å². The predicted molar refractivity (Wildman–Crippen MR) is 97.6 cm³/mol. The molecule has 1 aromatic heterocycles. The zero-order valence-electron chi connectivity index (χ0n) is 14.6. The van der Waals surface area contributed by atoms with Crippen molar-refractivity contribution in [3.8, 4) is 6.07 Å². The van der Waals surface area contributed by atoms with E-state index in [1.165, 1.54) is 18.2 Å². The van der Waals surface area contributed by atoms with Crippen LogP contribution in [0.2, 0.25) is 0 Å². The molecule has 0 spiro atoms. The highest BCUT2D eigenvalue weighted by atomic mass is 19.1. The van der Waals surface area contributed by atoms with E-state index in [4.69, 9.17) is 4.74 Å². The van der Waals surface area contributed by atoms with E-state index in [0.717, 1.165) is 17.0 Å². The van der Waals surface area contributed by atoms with Gasteiger partial charge in [-0.2, -0.15) is 5.26 Å². The maximum Gasteiger partial charge on any atom is 0.348 e. The molecule has 2 aromatic carbocycles. The fraction of sp³-hybridized carbons (Fsp3) is 0.143. The molecule has 0 aliphatic rings. The Bertz CT molecular complexity index is 1060. The number of nitriles is 1. The molecule has 0 bridgehead atoms. The van der Waals surface area contributed by atoms with Gasteiger partial charge >= 0.3 is 5.97 Å². The summed E-state index contributed by atoms with van der Waals surface area (Å²) >= 11 is 0. The lowest BCUT2D eigenvalue weighted by atomic mass is 10.1. The van der Waals surface area contributed by atoms with E-state index in [0.29, 0.717) is 11.1 Å². The summed E-state index contributed by atoms with van der Waals surface area (Å²) in [6.07, 6.45) is 3.20. The molecular formula is C21H16F2N2O2. The summed E-state index contributed by atoms with van der Waals surface area (Å²) in [7, 11) is 0. The van der Waals surface area contributed by atoms with E-state index in [1.54, 1.807) is 13.1 Å². The SMILES string of the molecule is CCOC(=O)/C(C#N)=C/c1cn(Cc2cc(F)cc(F)c2)c2ccccc12. The lowest BCUT2D eigenvalue weighted by Gasteiger charge is -2.06. The van der Waals surface area contributed by atoms with E-state index in [2.05, 4.69) is 0 Å². The molecule has 0 unspecified atom stereocenters. The monoisotopic (exact) mass is 366 g/mol. The Morgan fingerprint density at radius 1 is 1.22 bits per heavy atom. The summed E-state index contributed by atoms with van der Waals surface area (Å²) in [5.74, 6) is -1.98. The molecule has 0 amide bonds. The van der Waals surface area contributed by atoms with Crippen molar-refractivity contribution in [1.82, 2.24) is 4.57 Å². The zero-order chi connectivity index (χ0) is 19.4. The van der Waals surface area contributed by atoms with Crippen LogP contribution < -0.4 is 0 Å². The molecule has 136 valence electrons. The molecule has 4 nitrogen and oxygen atoms in total. The molecule has 0 fully saturated rings. The van der Waals surface area contributed by atoms with Gasteiger partial charge in [-0.1, -0.05) is 18.2 Å². The fourth-order valence-electron chi connectivity index (χ4n) is 2.92. The normalized spacial score (nSPS) is 11.4. The number of carbonyl (C=O) groups excluding carboxylic acids is 1. The number of para-hydroxylation sites is 1. The predicted octanol–water partition coefficient (Wildman–Crippen LogP) is 4.44. The summed E-state index contributed by atoms with van der Waals surface area (Å²) in [6, 6.07) is 12.6. The average molecular weight is 366 g/mol. The summed E-state index contributed by atoms with van der Waals surface area (Å²) in [4.78, 5) is 11.9. The number of benzene rings is 2. The Kier molecular flexibility index (Phi) is 5.32. The molecule has 1 heterocycles. The number of hydrogen-bond donors (Lipinski definition) is 0. The smallest absolute Gasteiger partial charge is 0.348 e. The second-order valence-corrected chi connectivity index (χ2v) is 5.90. The Morgan fingerprint density at radius 2 is 1.93 bits per heavy atom. The van der Waals surface area contributed by atoms with Crippen LogP contribution in [0.25, 0.3) is 17.0 Å². The molecule has 3 rings (SSSR count). The first-order valence-corrected chi connectivity index (χ1v) is 8.33. The van der Waals surface area contributed by atoms with Gasteiger partial charge in [0.25, 0.3) is 0 Å². The number of fused-ring (bicyclic) bond motifs is 1. The Balaban J connectivity index is 2.06. The van der Waals surface area contributed by atoms with Crippen LogP contribution >= 0.6 is 0 Å². The van der Waals surface area contributed by atoms with Crippen molar-refractivity contribution >= 4 is 22.9 Å². The third-order valence-corrected chi connectivity index (χ3v) is 4.01. The largest absolute Gasteiger partial charge is 0.462 e. The van der Waals surface area contributed by atoms with Gasteiger partial charge in [0.2, 0.25) is 0 Å². The Morgan fingerprint density at radius 3 is 2.59 bits per heavy atom. The van der Waals surface area contributed by atoms with Crippen molar-refractivity contribution in [1.29, 1.82) is 5.26 Å². The summed E-state index contributed by atoms with van der Waals surface area (Å²) < 4.78 is 33.7. The third-order valence-electron chi connectivity index (χ3n) is 4.01. The molecular weight excluding hydrogens is 350 g/mol. The first-order chi connectivity index (χ1) is 13.0. The topological polar surface area (TPSA) is 55.0 Å². The molecule has 0 aliphatic carbocycles. The third kappa shape index (κ3) is 4.04. The van der Waals surface area contributed by atoms with Crippen molar-refractivity contribution in [2.24, 2.45) is 0 Å². The minimum atomic E-state index is -0.691. The summed E-state index contributed by atoms with van der Waals surface area (Å²) in [5, 5.41) is 10.1. The van der Waals surface area contributed by atoms with Crippen LogP contribution in [0.15, 0.2) is 54.2 Å². The van der Waals surface area contributed by atoms with Gasteiger partial charge in [0.05, 0.1) is 6.61 Å². The minimum absolute atomic E-state index is 0.114. The second kappa shape index (κ2) is 7.83. The molecule has 0 saturated heterocycles. The number of esters is 1. The van der Waals surface area contributed by atoms with E-state index in [9.17, 15) is 18.8 Å². The maximum absolute atomic E-state index is 13.5. The van der Waals surface area contributed by atoms with Crippen molar-refractivity contribution in [2.75, 3.05) is 6.61 Å². The molecule has 0 N–H and O–H groups in total. The van der Waals surface area contributed by atoms with Gasteiger partial charge in [-0.05, 0) is 36.8 Å². The number of halogens is 2. The van der Waals surface area contributed by atoms with Gasteiger partial charge in [0.1, 0.15) is 23.3 Å². The molecule has 0 saturated carbocycles. The molecule has 0 atom stereocenters. The van der Waals surface area contributed by atoms with E-state index in [1.807, 2.05) is 34.9 Å². The molecule has 0 aliphatic heterocycles. The van der Waals surface area contributed by atoms with E-state index < -0.39 is 17.6 Å². The number of nitrogens with zero attached hydrogens (tertiary/aromatic N) is 2. The number of hydrogen-bond acceptors (Lipinski definition) is 3. The number of rotatable bonds is 5. The summed E-state index contributed by atoms with van der Waals surface area (Å²) in [5.41, 5.74) is 1.81. The highest BCUT2D eigenvalue weighted by Crippen LogP contribution is 2.25. The van der Waals surface area contributed by atoms with E-state index >= 15 is 0 Å². The highest BCUT2D eigenvalue weighted by Gasteiger charge is 2.13. The van der Waals surface area contributed by atoms with Crippen LogP contribution in [0, 0.1) is 23.0 Å². The van der Waals surface area contributed by atoms with Gasteiger partial charge in [-0.3, -0.25) is 0 Å². The van der Waals surface area contributed by atoms with Crippen molar-refractivity contribution < 1.29 is 18.3 Å². The van der Waals surface area contributed by atoms with Crippen molar-refractivity contribution in [3.63, 3.8) is 0 Å². The lowest BCUT2D eigenvalue weighted by Crippen LogP contribution is -2.05. The van der Waals surface area contributed by atoms with Crippen LogP contribution in [-0.4, -0.2) is 17.1 Å². The first-order valence-electron chi connectivity index (χ1n) is 8.33. The van der Waals surface area contributed by atoms with Gasteiger partial charge in [-0.15, -0.1) is 0 Å². The molecule has 6 heteroatoms. The van der Waals surface area contributed by atoms with E-state index in [-0.39, 0.29) is 18.7 Å². The van der Waals surface area contributed by atoms with Crippen LogP contribution in [0.1, 0.15) is 18.1 Å². The van der Waals surface area contributed by atoms with Crippen LogP contribution in [0.3, 0.4) is 0 Å². The molecule has 3 aromatic rings. The Hall–Kier alpha value is -3.46. The standard InChI is InChI=1S/C21H16F2N2O2/c1-2-27-21(26)15(11-24)9-16-13-25(20-6-4-3-5-19(16)20)12-14-7-17(22)10-18(23)8-14/h3-10,13H,2,12H2,1H3/b15-9+. The van der Waals surface area contributed by atoms with Crippen LogP contribution in [-0.2, 0) is 16.1 Å². The number of carbonyl (C=O) groups is 1. The Labute approximate surface area is 154 Å². The van der Waals surface area contributed by atoms with Crippen LogP contribution in [0.4, 0.5) is 8.78 Å². The van der Waals surface area contributed by atoms with Crippen LogP contribution in [0.5, 0.6) is 0 Å². The van der Waals surface area contributed by atoms with Gasteiger partial charge < -0.3 is 9.30 Å². The van der Waals surface area contributed by atoms with Crippen molar-refractivity contribution in [3.05, 3.63) is 77.0 Å². The quantitative estimate of drug-likeness (QED) is 0.381. The number of ether oxygens (including phenoxy) is 1. The maximum atomic E-state index is 13.5. The van der Waals surface area contributed by atoms with Gasteiger partial charge in [0.15, 0.2) is 0 Å². The minimum Gasteiger partial charge on any atom is -0.462 e. The lowest BCUT2D eigenvalue weighted by molar-refractivity contribution is -0.137. The van der Waals surface area contributed by atoms with Crippen molar-refractivity contribution in [2.45, 2.75) is 13.5 Å². The summed E-state index contributed by atoms with van der Waals surface area (Å²) in [6.45, 7) is 2.08. The zero-order valence-corrected chi connectivity index (χ0v) is 14.6. The molecule has 27 heavy (non-hydrogen) atoms. The van der Waals surface area contributed by atoms with Gasteiger partial charge in [-0.25, -0.2) is 13.6 Å². The first kappa shape index (κ1) is 18.3. The average Bonchev–Trinajstić information content (AvgIpc) is 2.96. The number of aromatic nitrogens is 1. The molecule has 0 radical (unpaired) electrons.